The minimum absolute atomic E-state index is 0.0320. The molecule has 0 heterocycles. The minimum Gasteiger partial charge on any atom is -0.481 e. The average molecular weight is 871 g/mol. The number of carboxylic acid groups (broad SMARTS) is 2. The third kappa shape index (κ3) is 25.4. The van der Waals surface area contributed by atoms with Crippen LogP contribution in [0.5, 0.6) is 0 Å². The molecule has 61 heavy (non-hydrogen) atoms. The Kier molecular flexibility index (Phi) is 25.5. The maximum atomic E-state index is 13.9. The second kappa shape index (κ2) is 28.6. The Labute approximate surface area is 351 Å². The first-order valence-corrected chi connectivity index (χ1v) is 19.3. The van der Waals surface area contributed by atoms with Crippen LogP contribution >= 0.6 is 0 Å². The predicted molar refractivity (Wildman–Crippen MR) is 218 cm³/mol. The van der Waals surface area contributed by atoms with Crippen LogP contribution in [-0.4, -0.2) is 131 Å². The molecule has 26 nitrogen and oxygen atoms in total. The number of nitrogens with one attached hydrogen (secondary N) is 6. The van der Waals surface area contributed by atoms with Gasteiger partial charge in [-0.2, -0.15) is 0 Å². The highest BCUT2D eigenvalue weighted by atomic mass is 16.4. The van der Waals surface area contributed by atoms with Crippen LogP contribution in [0.1, 0.15) is 91.4 Å². The average Bonchev–Trinajstić information content (AvgIpc) is 3.14. The molecule has 26 heteroatoms. The van der Waals surface area contributed by atoms with Gasteiger partial charge in [0.1, 0.15) is 36.3 Å². The molecule has 0 aliphatic carbocycles. The van der Waals surface area contributed by atoms with Gasteiger partial charge in [0, 0.05) is 39.3 Å². The molecule has 8 amide bonds. The number of hydrogen-bond donors (Lipinski definition) is 14. The molecule has 0 aromatic rings. The van der Waals surface area contributed by atoms with Gasteiger partial charge in [-0.1, -0.05) is 13.8 Å². The highest BCUT2D eigenvalue weighted by Crippen LogP contribution is 2.11. The van der Waals surface area contributed by atoms with Crippen LogP contribution in [0.2, 0.25) is 0 Å². The third-order valence-corrected chi connectivity index (χ3v) is 8.46. The Morgan fingerprint density at radius 1 is 0.475 bits per heavy atom. The van der Waals surface area contributed by atoms with Crippen molar-refractivity contribution in [2.45, 2.75) is 128 Å². The van der Waals surface area contributed by atoms with Gasteiger partial charge in [0.05, 0.1) is 0 Å². The van der Waals surface area contributed by atoms with E-state index < -0.39 is 128 Å². The number of nitrogens with zero attached hydrogens (tertiary/aromatic N) is 2. The molecule has 0 fully saturated rings. The van der Waals surface area contributed by atoms with E-state index in [0.717, 1.165) is 0 Å². The fourth-order valence-electron chi connectivity index (χ4n) is 5.50. The monoisotopic (exact) mass is 870 g/mol. The van der Waals surface area contributed by atoms with Crippen LogP contribution in [0, 0.1) is 5.92 Å². The van der Waals surface area contributed by atoms with Gasteiger partial charge < -0.3 is 76.5 Å². The van der Waals surface area contributed by atoms with Crippen molar-refractivity contribution < 1.29 is 58.2 Å². The zero-order chi connectivity index (χ0) is 46.8. The van der Waals surface area contributed by atoms with Crippen LogP contribution in [0.25, 0.3) is 0 Å². The SMILES string of the molecule is CC(=O)N[C@@H](CCCN=C(N)N)C(=O)N[C@@H](CCCN=C(N)N)C(=O)N[C@@H](CCC(N)=O)C(=O)N[C@@H](CC(C)C)C(=O)N[C@@H](CCC(=O)O)C(=O)N[C@@H](CCC(=O)O)C(N)=O. The second-order valence-electron chi connectivity index (χ2n) is 14.4. The lowest BCUT2D eigenvalue weighted by Gasteiger charge is -2.28. The van der Waals surface area contributed by atoms with E-state index >= 15 is 0 Å². The van der Waals surface area contributed by atoms with Crippen molar-refractivity contribution in [3.63, 3.8) is 0 Å². The molecular weight excluding hydrogens is 808 g/mol. The summed E-state index contributed by atoms with van der Waals surface area (Å²) in [5.41, 5.74) is 32.2. The normalized spacial score (nSPS) is 13.6. The Balaban J connectivity index is 6.57. The van der Waals surface area contributed by atoms with Gasteiger partial charge in [-0.15, -0.1) is 0 Å². The van der Waals surface area contributed by atoms with Crippen molar-refractivity contribution in [1.29, 1.82) is 0 Å². The maximum Gasteiger partial charge on any atom is 0.303 e. The standard InChI is InChI=1S/C35H62N14O12/c1-17(2)16-24(33(61)48-23(10-13-27(54)55)31(59)45-19(28(37)56)9-12-26(52)53)49-32(60)22(8-11-25(36)51)47-30(58)21(7-5-15-43-35(40)41)46-29(57)20(44-18(3)50)6-4-14-42-34(38)39/h17,19-24H,4-16H2,1-3H3,(H2,36,51)(H2,37,56)(H,44,50)(H,45,59)(H,46,57)(H,47,58)(H,48,61)(H,49,60)(H,52,53)(H,54,55)(H4,38,39,42)(H4,40,41,43)/t19-,20-,21-,22-,23-,24-/m0/s1. The summed E-state index contributed by atoms with van der Waals surface area (Å²) in [6.07, 6.45) is -2.61. The zero-order valence-electron chi connectivity index (χ0n) is 34.6. The van der Waals surface area contributed by atoms with Crippen LogP contribution in [0.4, 0.5) is 0 Å². The zero-order valence-corrected chi connectivity index (χ0v) is 34.6. The molecule has 0 aliphatic rings. The van der Waals surface area contributed by atoms with E-state index in [1.807, 2.05) is 0 Å². The van der Waals surface area contributed by atoms with E-state index in [1.165, 1.54) is 6.92 Å². The lowest BCUT2D eigenvalue weighted by molar-refractivity contribution is -0.139. The highest BCUT2D eigenvalue weighted by Gasteiger charge is 2.34. The summed E-state index contributed by atoms with van der Waals surface area (Å²) < 4.78 is 0. The number of guanidine groups is 2. The number of aliphatic carboxylic acids is 2. The topological polar surface area (TPSA) is 464 Å². The van der Waals surface area contributed by atoms with Crippen molar-refractivity contribution >= 4 is 71.1 Å². The largest absolute Gasteiger partial charge is 0.481 e. The molecule has 0 aromatic heterocycles. The Morgan fingerprint density at radius 2 is 0.803 bits per heavy atom. The third-order valence-electron chi connectivity index (χ3n) is 8.46. The van der Waals surface area contributed by atoms with E-state index in [0.29, 0.717) is 0 Å². The van der Waals surface area contributed by atoms with E-state index in [2.05, 4.69) is 41.9 Å². The van der Waals surface area contributed by atoms with Crippen LogP contribution in [-0.2, 0) is 47.9 Å². The number of carbonyl (C=O) groups excluding carboxylic acids is 8. The quantitative estimate of drug-likeness (QED) is 0.0176. The molecule has 0 aromatic carbocycles. The predicted octanol–water partition coefficient (Wildman–Crippen LogP) is -5.45. The molecule has 0 bridgehead atoms. The van der Waals surface area contributed by atoms with Crippen molar-refractivity contribution in [3.05, 3.63) is 0 Å². The molecular formula is C35H62N14O12. The molecule has 344 valence electrons. The lowest BCUT2D eigenvalue weighted by Crippen LogP contribution is -2.60. The first-order chi connectivity index (χ1) is 28.4. The number of rotatable bonds is 31. The fourth-order valence-corrected chi connectivity index (χ4v) is 5.50. The number of carbonyl (C=O) groups is 10. The first-order valence-electron chi connectivity index (χ1n) is 19.3. The molecule has 0 saturated carbocycles. The number of primary amides is 2. The van der Waals surface area contributed by atoms with E-state index in [1.54, 1.807) is 13.8 Å². The molecule has 0 spiro atoms. The first kappa shape index (κ1) is 54.2. The van der Waals surface area contributed by atoms with Gasteiger partial charge in [0.2, 0.25) is 47.3 Å². The van der Waals surface area contributed by atoms with Crippen molar-refractivity contribution in [2.24, 2.45) is 50.3 Å². The second-order valence-corrected chi connectivity index (χ2v) is 14.4. The van der Waals surface area contributed by atoms with Gasteiger partial charge >= 0.3 is 11.9 Å². The highest BCUT2D eigenvalue weighted by molar-refractivity contribution is 5.97. The van der Waals surface area contributed by atoms with E-state index in [-0.39, 0.29) is 69.5 Å². The number of aliphatic imine (C=N–C) groups is 2. The smallest absolute Gasteiger partial charge is 0.303 e. The van der Waals surface area contributed by atoms with Crippen LogP contribution in [0.15, 0.2) is 9.98 Å². The van der Waals surface area contributed by atoms with Gasteiger partial charge in [0.25, 0.3) is 0 Å². The van der Waals surface area contributed by atoms with E-state index in [9.17, 15) is 53.1 Å². The van der Waals surface area contributed by atoms with Crippen molar-refractivity contribution in [3.8, 4) is 0 Å². The number of carboxylic acids is 2. The molecule has 0 aliphatic heterocycles. The molecule has 0 radical (unpaired) electrons. The van der Waals surface area contributed by atoms with Crippen LogP contribution < -0.4 is 66.3 Å². The summed E-state index contributed by atoms with van der Waals surface area (Å²) in [5.74, 6) is -10.6. The summed E-state index contributed by atoms with van der Waals surface area (Å²) >= 11 is 0. The summed E-state index contributed by atoms with van der Waals surface area (Å²) in [6.45, 7) is 4.72. The Hall–Kier alpha value is -6.76. The number of nitrogens with two attached hydrogens (primary N) is 6. The molecule has 6 atom stereocenters. The summed E-state index contributed by atoms with van der Waals surface area (Å²) in [6, 6.07) is -8.60. The summed E-state index contributed by atoms with van der Waals surface area (Å²) in [7, 11) is 0. The Morgan fingerprint density at radius 3 is 1.15 bits per heavy atom. The van der Waals surface area contributed by atoms with Crippen LogP contribution in [0.3, 0.4) is 0 Å². The fraction of sp³-hybridized carbons (Fsp3) is 0.657. The van der Waals surface area contributed by atoms with Gasteiger partial charge in [0.15, 0.2) is 11.9 Å². The van der Waals surface area contributed by atoms with Gasteiger partial charge in [-0.05, 0) is 57.3 Å². The number of amides is 8. The maximum absolute atomic E-state index is 13.9. The molecule has 20 N–H and O–H groups in total. The lowest BCUT2D eigenvalue weighted by atomic mass is 10.0. The Bertz CT molecular complexity index is 1610. The van der Waals surface area contributed by atoms with E-state index in [4.69, 9.17) is 39.5 Å². The van der Waals surface area contributed by atoms with Crippen molar-refractivity contribution in [2.75, 3.05) is 13.1 Å². The minimum atomic E-state index is -1.61. The summed E-state index contributed by atoms with van der Waals surface area (Å²) in [4.78, 5) is 134. The summed E-state index contributed by atoms with van der Waals surface area (Å²) in [5, 5.41) is 32.9. The molecule has 0 rings (SSSR count). The van der Waals surface area contributed by atoms with Gasteiger partial charge in [-0.25, -0.2) is 0 Å². The van der Waals surface area contributed by atoms with Crippen molar-refractivity contribution in [1.82, 2.24) is 31.9 Å². The molecule has 0 unspecified atom stereocenters. The number of hydrogen-bond acceptors (Lipinski definition) is 12. The van der Waals surface area contributed by atoms with Gasteiger partial charge in [-0.3, -0.25) is 57.9 Å². The molecule has 0 saturated heterocycles.